The van der Waals surface area contributed by atoms with Gasteiger partial charge >= 0.3 is 92.0 Å². The molecule has 30 heavy (non-hydrogen) atoms. The molecule has 140 valence electrons. The largest absolute Gasteiger partial charge is 3.00 e. The number of hydrogen-bond donors (Lipinski definition) is 0. The Bertz CT molecular complexity index is 241. The van der Waals surface area contributed by atoms with E-state index >= 15 is 0 Å². The van der Waals surface area contributed by atoms with E-state index in [-0.39, 0.29) is 97.5 Å². The summed E-state index contributed by atoms with van der Waals surface area (Å²) in [4.78, 5) is 0. The van der Waals surface area contributed by atoms with Crippen molar-refractivity contribution < 1.29 is 97.5 Å². The fourth-order valence-electron chi connectivity index (χ4n) is 0. The summed E-state index contributed by atoms with van der Waals surface area (Å²) in [5, 5.41) is 75.0. The second-order valence-electron chi connectivity index (χ2n) is 0. The maximum atomic E-state index is 6.25. The SMILES string of the molecule is O.[C-]#N.[C-]#N.[C-]#N.[C-]#N.[C-]#N.[C-]#N.[C-]#N.[C-]#N.[C-]#N.[C-]#N.[C-]#N.[C-]#N.[Co+3].[Co+3].[Zn+2].[Zn+2].[Zn+2]. The first-order valence-electron chi connectivity index (χ1n) is 2.68. The van der Waals surface area contributed by atoms with Gasteiger partial charge in [0.15, 0.2) is 0 Å². The van der Waals surface area contributed by atoms with Gasteiger partial charge in [-0.3, -0.25) is 0 Å². The third-order valence-electron chi connectivity index (χ3n) is 0. The molecule has 0 fully saturated rings. The Morgan fingerprint density at radius 1 is 0.200 bits per heavy atom. The Balaban J connectivity index is -0.00000000321. The van der Waals surface area contributed by atoms with Gasteiger partial charge in [0.2, 0.25) is 0 Å². The van der Waals surface area contributed by atoms with Gasteiger partial charge in [-0.2, -0.15) is 0 Å². The molecule has 0 bridgehead atoms. The van der Waals surface area contributed by atoms with Gasteiger partial charge in [0.05, 0.1) is 0 Å². The van der Waals surface area contributed by atoms with Crippen LogP contribution in [0.15, 0.2) is 0 Å². The van der Waals surface area contributed by atoms with E-state index < -0.39 is 0 Å². The molecule has 0 atom stereocenters. The van der Waals surface area contributed by atoms with Crippen molar-refractivity contribution in [1.82, 2.24) is 0 Å². The van der Waals surface area contributed by atoms with Crippen LogP contribution in [0.2, 0.25) is 0 Å². The fourth-order valence-corrected chi connectivity index (χ4v) is 0. The van der Waals surface area contributed by atoms with Gasteiger partial charge in [0.1, 0.15) is 0 Å². The summed E-state index contributed by atoms with van der Waals surface area (Å²) in [7, 11) is 0. The summed E-state index contributed by atoms with van der Waals surface area (Å²) in [6, 6.07) is 0. The zero-order valence-electron chi connectivity index (χ0n) is 14.7. The summed E-state index contributed by atoms with van der Waals surface area (Å²) in [5.41, 5.74) is 0. The molecule has 13 nitrogen and oxygen atoms in total. The Hall–Kier alpha value is -3.28. The van der Waals surface area contributed by atoms with Crippen molar-refractivity contribution >= 4 is 0 Å². The van der Waals surface area contributed by atoms with E-state index in [4.69, 9.17) is 142 Å². The fraction of sp³-hybridized carbons (Fsp3) is 0. The first-order valence-corrected chi connectivity index (χ1v) is 2.68. The van der Waals surface area contributed by atoms with Crippen LogP contribution in [0.5, 0.6) is 0 Å². The number of rotatable bonds is 0. The molecule has 2 N–H and O–H groups in total. The smallest absolute Gasteiger partial charge is 0.512 e. The molecule has 0 aromatic rings. The van der Waals surface area contributed by atoms with Crippen LogP contribution in [0.25, 0.3) is 0 Å². The molecular formula is C12H2Co2N12OZn3. The third-order valence-corrected chi connectivity index (χ3v) is 0. The van der Waals surface area contributed by atoms with E-state index in [2.05, 4.69) is 0 Å². The van der Waals surface area contributed by atoms with Gasteiger partial charge in [-0.05, 0) is 0 Å². The van der Waals surface area contributed by atoms with Crippen molar-refractivity contribution in [3.05, 3.63) is 78.9 Å². The average molecular weight is 644 g/mol. The van der Waals surface area contributed by atoms with Gasteiger partial charge in [0.25, 0.3) is 0 Å². The van der Waals surface area contributed by atoms with Crippen molar-refractivity contribution in [2.24, 2.45) is 0 Å². The van der Waals surface area contributed by atoms with Crippen molar-refractivity contribution in [1.29, 1.82) is 63.1 Å². The summed E-state index contributed by atoms with van der Waals surface area (Å²) < 4.78 is 0. The average Bonchev–Trinajstić information content (AvgIpc) is 2.84. The molecular weight excluding hydrogens is 642 g/mol. The summed E-state index contributed by atoms with van der Waals surface area (Å²) >= 11 is 0. The van der Waals surface area contributed by atoms with E-state index in [1.807, 2.05) is 0 Å². The molecule has 18 heteroatoms. The molecule has 0 aliphatic rings. The predicted octanol–water partition coefficient (Wildman–Crippen LogP) is 0.319. The topological polar surface area (TPSA) is 317 Å². The van der Waals surface area contributed by atoms with E-state index in [9.17, 15) is 0 Å². The van der Waals surface area contributed by atoms with Crippen LogP contribution in [0, 0.1) is 142 Å². The first-order chi connectivity index (χ1) is 12.0. The molecule has 0 radical (unpaired) electrons. The summed E-state index contributed by atoms with van der Waals surface area (Å²) in [6.45, 7) is 57.0. The van der Waals surface area contributed by atoms with Crippen LogP contribution in [-0.2, 0) is 92.0 Å². The van der Waals surface area contributed by atoms with Crippen LogP contribution in [0.3, 0.4) is 0 Å². The quantitative estimate of drug-likeness (QED) is 0.254. The molecule has 0 saturated heterocycles. The van der Waals surface area contributed by atoms with Gasteiger partial charge in [0, 0.05) is 0 Å². The van der Waals surface area contributed by atoms with E-state index in [1.54, 1.807) is 0 Å². The Kier molecular flexibility index (Phi) is 11300. The van der Waals surface area contributed by atoms with Gasteiger partial charge in [-0.15, -0.1) is 0 Å². The van der Waals surface area contributed by atoms with Gasteiger partial charge in [-0.1, -0.05) is 0 Å². The van der Waals surface area contributed by atoms with Crippen molar-refractivity contribution in [2.45, 2.75) is 0 Å². The molecule has 0 aromatic carbocycles. The summed E-state index contributed by atoms with van der Waals surface area (Å²) in [5.74, 6) is 0. The molecule has 0 unspecified atom stereocenters. The maximum absolute atomic E-state index is 6.25. The van der Waals surface area contributed by atoms with Crippen LogP contribution >= 0.6 is 0 Å². The molecule has 0 heterocycles. The molecule has 0 aromatic heterocycles. The molecule has 0 rings (SSSR count). The van der Waals surface area contributed by atoms with Gasteiger partial charge < -0.3 is 147 Å². The van der Waals surface area contributed by atoms with E-state index in [0.29, 0.717) is 0 Å². The first kappa shape index (κ1) is 232. The van der Waals surface area contributed by atoms with Crippen LogP contribution in [-0.4, -0.2) is 5.48 Å². The summed E-state index contributed by atoms with van der Waals surface area (Å²) in [6.07, 6.45) is 0. The predicted molar refractivity (Wildman–Crippen MR) is 63.2 cm³/mol. The second kappa shape index (κ2) is 1460. The second-order valence-corrected chi connectivity index (χ2v) is 0. The maximum Gasteiger partial charge on any atom is 3.00 e. The monoisotopic (exact) mass is 640 g/mol. The molecule has 0 aliphatic carbocycles. The van der Waals surface area contributed by atoms with E-state index in [1.165, 1.54) is 0 Å². The molecule has 0 spiro atoms. The zero-order valence-corrected chi connectivity index (χ0v) is 25.6. The van der Waals surface area contributed by atoms with Crippen LogP contribution in [0.4, 0.5) is 0 Å². The normalized spacial score (nSPS) is 0.800. The minimum Gasteiger partial charge on any atom is -0.512 e. The minimum absolute atomic E-state index is 0. The van der Waals surface area contributed by atoms with Crippen LogP contribution < -0.4 is 0 Å². The number of nitrogens with zero attached hydrogens (tertiary/aromatic N) is 12. The van der Waals surface area contributed by atoms with Crippen molar-refractivity contribution in [3.8, 4) is 0 Å². The van der Waals surface area contributed by atoms with Crippen molar-refractivity contribution in [3.63, 3.8) is 0 Å². The molecule has 0 saturated carbocycles. The van der Waals surface area contributed by atoms with E-state index in [0.717, 1.165) is 0 Å². The Morgan fingerprint density at radius 3 is 0.200 bits per heavy atom. The molecule has 0 aliphatic heterocycles. The van der Waals surface area contributed by atoms with Crippen molar-refractivity contribution in [2.75, 3.05) is 0 Å². The minimum atomic E-state index is 0. The number of hydrogen-bond acceptors (Lipinski definition) is 12. The molecule has 0 amide bonds. The third kappa shape index (κ3) is 1300. The zero-order chi connectivity index (χ0) is 24.0. The Labute approximate surface area is 237 Å². The standard InChI is InChI=1S/12CN.2Co.H2O.3Zn/c12*1-2;;;;;;/h;;;;;;;;;;;;;;1H2;;;/q12*-1;2*+3;;3*+2. The van der Waals surface area contributed by atoms with Crippen LogP contribution in [0.1, 0.15) is 0 Å². The van der Waals surface area contributed by atoms with Gasteiger partial charge in [-0.25, -0.2) is 0 Å². The Morgan fingerprint density at radius 2 is 0.200 bits per heavy atom.